The van der Waals surface area contributed by atoms with Crippen LogP contribution in [0.1, 0.15) is 12.8 Å². The van der Waals surface area contributed by atoms with E-state index in [2.05, 4.69) is 20.7 Å². The standard InChI is InChI=1S/C15H19N5O/c1-21-12-7-11(8-12)17-13-9-14(20-16)19-15(18-13)10-5-3-2-4-6-10/h2-6,9,11-12H,7-8,16H2,1H3,(H2,17,18,19,20). The summed E-state index contributed by atoms with van der Waals surface area (Å²) in [6, 6.07) is 12.0. The van der Waals surface area contributed by atoms with Crippen molar-refractivity contribution in [2.24, 2.45) is 5.84 Å². The fourth-order valence-electron chi connectivity index (χ4n) is 2.40. The second-order valence-corrected chi connectivity index (χ2v) is 5.14. The zero-order valence-corrected chi connectivity index (χ0v) is 11.9. The number of rotatable bonds is 5. The van der Waals surface area contributed by atoms with Crippen LogP contribution >= 0.6 is 0 Å². The lowest BCUT2D eigenvalue weighted by molar-refractivity contribution is 0.0328. The van der Waals surface area contributed by atoms with E-state index in [9.17, 15) is 0 Å². The molecule has 6 nitrogen and oxygen atoms in total. The van der Waals surface area contributed by atoms with Crippen LogP contribution in [0.4, 0.5) is 11.6 Å². The van der Waals surface area contributed by atoms with Gasteiger partial charge in [-0.15, -0.1) is 0 Å². The highest BCUT2D eigenvalue weighted by atomic mass is 16.5. The van der Waals surface area contributed by atoms with Crippen molar-refractivity contribution in [2.75, 3.05) is 17.9 Å². The number of nitrogens with one attached hydrogen (secondary N) is 2. The zero-order valence-electron chi connectivity index (χ0n) is 11.9. The van der Waals surface area contributed by atoms with Crippen LogP contribution in [0.25, 0.3) is 11.4 Å². The van der Waals surface area contributed by atoms with E-state index in [1.54, 1.807) is 7.11 Å². The Balaban J connectivity index is 1.81. The van der Waals surface area contributed by atoms with Crippen molar-refractivity contribution in [3.63, 3.8) is 0 Å². The van der Waals surface area contributed by atoms with E-state index in [1.165, 1.54) is 0 Å². The molecule has 1 heterocycles. The number of hydrogen-bond acceptors (Lipinski definition) is 6. The first-order valence-corrected chi connectivity index (χ1v) is 6.99. The Hall–Kier alpha value is -2.18. The van der Waals surface area contributed by atoms with Crippen LogP contribution in [0, 0.1) is 0 Å². The number of hydrazine groups is 1. The number of aromatic nitrogens is 2. The van der Waals surface area contributed by atoms with Gasteiger partial charge in [0.25, 0.3) is 0 Å². The van der Waals surface area contributed by atoms with Crippen LogP contribution in [-0.2, 0) is 4.74 Å². The van der Waals surface area contributed by atoms with Crippen molar-refractivity contribution >= 4 is 11.6 Å². The fraction of sp³-hybridized carbons (Fsp3) is 0.333. The number of ether oxygens (including phenoxy) is 1. The third-order valence-electron chi connectivity index (χ3n) is 3.69. The molecule has 1 aromatic carbocycles. The minimum absolute atomic E-state index is 0.352. The second-order valence-electron chi connectivity index (χ2n) is 5.14. The molecular weight excluding hydrogens is 266 g/mol. The summed E-state index contributed by atoms with van der Waals surface area (Å²) in [4.78, 5) is 8.96. The zero-order chi connectivity index (χ0) is 14.7. The predicted octanol–water partition coefficient (Wildman–Crippen LogP) is 2.02. The van der Waals surface area contributed by atoms with Gasteiger partial charge >= 0.3 is 0 Å². The van der Waals surface area contributed by atoms with Crippen LogP contribution in [0.5, 0.6) is 0 Å². The lowest BCUT2D eigenvalue weighted by Crippen LogP contribution is -2.40. The summed E-state index contributed by atoms with van der Waals surface area (Å²) < 4.78 is 5.29. The first-order valence-electron chi connectivity index (χ1n) is 6.99. The highest BCUT2D eigenvalue weighted by Crippen LogP contribution is 2.27. The van der Waals surface area contributed by atoms with Crippen molar-refractivity contribution in [2.45, 2.75) is 25.0 Å². The van der Waals surface area contributed by atoms with E-state index in [4.69, 9.17) is 10.6 Å². The van der Waals surface area contributed by atoms with Crippen LogP contribution < -0.4 is 16.6 Å². The van der Waals surface area contributed by atoms with Gasteiger partial charge in [0.15, 0.2) is 5.82 Å². The molecule has 0 saturated heterocycles. The van der Waals surface area contributed by atoms with Crippen molar-refractivity contribution in [3.05, 3.63) is 36.4 Å². The summed E-state index contributed by atoms with van der Waals surface area (Å²) >= 11 is 0. The summed E-state index contributed by atoms with van der Waals surface area (Å²) in [6.07, 6.45) is 2.34. The second kappa shape index (κ2) is 6.07. The summed E-state index contributed by atoms with van der Waals surface area (Å²) in [5.41, 5.74) is 3.55. The molecule has 6 heteroatoms. The molecule has 110 valence electrons. The van der Waals surface area contributed by atoms with Gasteiger partial charge < -0.3 is 15.5 Å². The van der Waals surface area contributed by atoms with Gasteiger partial charge in [0.05, 0.1) is 6.10 Å². The lowest BCUT2D eigenvalue weighted by atomic mass is 9.89. The summed E-state index contributed by atoms with van der Waals surface area (Å²) in [6.45, 7) is 0. The fourth-order valence-corrected chi connectivity index (χ4v) is 2.40. The molecule has 1 aliphatic rings. The van der Waals surface area contributed by atoms with Gasteiger partial charge in [0.2, 0.25) is 0 Å². The Morgan fingerprint density at radius 3 is 2.52 bits per heavy atom. The van der Waals surface area contributed by atoms with Crippen LogP contribution in [0.3, 0.4) is 0 Å². The topological polar surface area (TPSA) is 85.1 Å². The van der Waals surface area contributed by atoms with Crippen molar-refractivity contribution in [1.82, 2.24) is 9.97 Å². The number of nitrogens with zero attached hydrogens (tertiary/aromatic N) is 2. The monoisotopic (exact) mass is 285 g/mol. The predicted molar refractivity (Wildman–Crippen MR) is 82.7 cm³/mol. The average Bonchev–Trinajstić information content (AvgIpc) is 2.51. The molecule has 0 amide bonds. The van der Waals surface area contributed by atoms with Gasteiger partial charge in [-0.25, -0.2) is 15.8 Å². The molecule has 1 saturated carbocycles. The number of anilines is 2. The van der Waals surface area contributed by atoms with E-state index >= 15 is 0 Å². The van der Waals surface area contributed by atoms with Crippen molar-refractivity contribution in [3.8, 4) is 11.4 Å². The SMILES string of the molecule is COC1CC(Nc2cc(NN)nc(-c3ccccc3)n2)C1. The van der Waals surface area contributed by atoms with Gasteiger partial charge in [0, 0.05) is 24.8 Å². The Labute approximate surface area is 123 Å². The normalized spacial score (nSPS) is 20.7. The number of hydrogen-bond donors (Lipinski definition) is 3. The first-order chi connectivity index (χ1) is 10.3. The van der Waals surface area contributed by atoms with Crippen LogP contribution in [-0.4, -0.2) is 29.2 Å². The number of nitrogens with two attached hydrogens (primary N) is 1. The maximum absolute atomic E-state index is 5.50. The lowest BCUT2D eigenvalue weighted by Gasteiger charge is -2.35. The molecule has 0 bridgehead atoms. The summed E-state index contributed by atoms with van der Waals surface area (Å²) in [5.74, 6) is 7.51. The Bertz CT molecular complexity index is 598. The first kappa shape index (κ1) is 13.8. The molecule has 3 rings (SSSR count). The van der Waals surface area contributed by atoms with Crippen LogP contribution in [0.2, 0.25) is 0 Å². The highest BCUT2D eigenvalue weighted by Gasteiger charge is 2.29. The average molecular weight is 285 g/mol. The van der Waals surface area contributed by atoms with Crippen molar-refractivity contribution < 1.29 is 4.74 Å². The van der Waals surface area contributed by atoms with E-state index in [0.29, 0.717) is 23.8 Å². The molecule has 21 heavy (non-hydrogen) atoms. The number of methoxy groups -OCH3 is 1. The van der Waals surface area contributed by atoms with Gasteiger partial charge in [-0.3, -0.25) is 0 Å². The minimum Gasteiger partial charge on any atom is -0.381 e. The quantitative estimate of drug-likeness (QED) is 0.575. The Morgan fingerprint density at radius 1 is 1.14 bits per heavy atom. The Morgan fingerprint density at radius 2 is 1.86 bits per heavy atom. The highest BCUT2D eigenvalue weighted by molar-refractivity contribution is 5.61. The minimum atomic E-state index is 0.352. The van der Waals surface area contributed by atoms with E-state index in [0.717, 1.165) is 24.2 Å². The molecule has 2 aromatic rings. The van der Waals surface area contributed by atoms with Crippen LogP contribution in [0.15, 0.2) is 36.4 Å². The molecule has 0 unspecified atom stereocenters. The number of benzene rings is 1. The number of nitrogen functional groups attached to an aromatic ring is 1. The molecular formula is C15H19N5O. The maximum Gasteiger partial charge on any atom is 0.163 e. The molecule has 1 aliphatic carbocycles. The third kappa shape index (κ3) is 3.12. The van der Waals surface area contributed by atoms with Gasteiger partial charge in [-0.1, -0.05) is 30.3 Å². The van der Waals surface area contributed by atoms with Gasteiger partial charge in [-0.2, -0.15) is 0 Å². The molecule has 1 fully saturated rings. The molecule has 4 N–H and O–H groups in total. The Kier molecular flexibility index (Phi) is 3.98. The largest absolute Gasteiger partial charge is 0.381 e. The van der Waals surface area contributed by atoms with E-state index < -0.39 is 0 Å². The summed E-state index contributed by atoms with van der Waals surface area (Å²) in [5, 5.41) is 3.40. The molecule has 0 aliphatic heterocycles. The van der Waals surface area contributed by atoms with E-state index in [1.807, 2.05) is 36.4 Å². The molecule has 0 atom stereocenters. The van der Waals surface area contributed by atoms with Crippen molar-refractivity contribution in [1.29, 1.82) is 0 Å². The molecule has 0 spiro atoms. The third-order valence-corrected chi connectivity index (χ3v) is 3.69. The maximum atomic E-state index is 5.50. The summed E-state index contributed by atoms with van der Waals surface area (Å²) in [7, 11) is 1.75. The van der Waals surface area contributed by atoms with Gasteiger partial charge in [0.1, 0.15) is 11.6 Å². The van der Waals surface area contributed by atoms with Gasteiger partial charge in [-0.05, 0) is 12.8 Å². The molecule has 0 radical (unpaired) electrons. The molecule has 1 aromatic heterocycles. The smallest absolute Gasteiger partial charge is 0.163 e. The van der Waals surface area contributed by atoms with E-state index in [-0.39, 0.29) is 0 Å².